The average Bonchev–Trinajstić information content (AvgIpc) is 1.97. The molecule has 0 fully saturated rings. The zero-order valence-corrected chi connectivity index (χ0v) is 9.00. The van der Waals surface area contributed by atoms with Gasteiger partial charge in [-0.25, -0.2) is 0 Å². The minimum absolute atomic E-state index is 0. The Morgan fingerprint density at radius 2 is 1.31 bits per heavy atom. The van der Waals surface area contributed by atoms with Crippen LogP contribution in [0.25, 0.3) is 0 Å². The SMILES string of the molecule is CC(=O)O.NCCCCCCN.[Cu]. The quantitative estimate of drug-likeness (QED) is 0.483. The second kappa shape index (κ2) is 17.9. The second-order valence-electron chi connectivity index (χ2n) is 2.51. The summed E-state index contributed by atoms with van der Waals surface area (Å²) in [5.74, 6) is -0.833. The molecule has 0 spiro atoms. The molecule has 5 heteroatoms. The van der Waals surface area contributed by atoms with Crippen molar-refractivity contribution in [1.29, 1.82) is 0 Å². The molecule has 0 rings (SSSR count). The summed E-state index contributed by atoms with van der Waals surface area (Å²) in [5.41, 5.74) is 10.6. The number of carboxylic acids is 1. The van der Waals surface area contributed by atoms with E-state index in [1.807, 2.05) is 0 Å². The summed E-state index contributed by atoms with van der Waals surface area (Å²) in [4.78, 5) is 9.00. The molecule has 0 saturated heterocycles. The summed E-state index contributed by atoms with van der Waals surface area (Å²) in [7, 11) is 0. The van der Waals surface area contributed by atoms with Crippen LogP contribution in [0.3, 0.4) is 0 Å². The van der Waals surface area contributed by atoms with Gasteiger partial charge in [-0.05, 0) is 25.9 Å². The summed E-state index contributed by atoms with van der Waals surface area (Å²) in [5, 5.41) is 7.42. The van der Waals surface area contributed by atoms with Crippen LogP contribution in [0.4, 0.5) is 0 Å². The molecule has 0 saturated carbocycles. The Morgan fingerprint density at radius 3 is 1.46 bits per heavy atom. The number of aliphatic carboxylic acids is 1. The summed E-state index contributed by atoms with van der Waals surface area (Å²) < 4.78 is 0. The average molecular weight is 240 g/mol. The molecule has 5 N–H and O–H groups in total. The molecule has 0 unspecified atom stereocenters. The first kappa shape index (κ1) is 18.6. The van der Waals surface area contributed by atoms with E-state index in [2.05, 4.69) is 0 Å². The second-order valence-corrected chi connectivity index (χ2v) is 2.51. The molecular formula is C8H20CuN2O2. The first-order valence-electron chi connectivity index (χ1n) is 4.24. The number of rotatable bonds is 5. The first-order chi connectivity index (χ1) is 5.65. The summed E-state index contributed by atoms with van der Waals surface area (Å²) in [6.07, 6.45) is 4.79. The van der Waals surface area contributed by atoms with Crippen LogP contribution < -0.4 is 11.5 Å². The third-order valence-corrected chi connectivity index (χ3v) is 1.16. The van der Waals surface area contributed by atoms with Gasteiger partial charge in [0.2, 0.25) is 0 Å². The summed E-state index contributed by atoms with van der Waals surface area (Å²) in [6.45, 7) is 2.73. The number of carbonyl (C=O) groups is 1. The number of hydrogen-bond acceptors (Lipinski definition) is 3. The molecule has 0 amide bonds. The molecule has 0 aromatic heterocycles. The van der Waals surface area contributed by atoms with E-state index in [0.29, 0.717) is 0 Å². The predicted octanol–water partition coefficient (Wildman–Crippen LogP) is 0.553. The Hall–Kier alpha value is -0.0905. The van der Waals surface area contributed by atoms with Crippen molar-refractivity contribution >= 4 is 5.97 Å². The summed E-state index contributed by atoms with van der Waals surface area (Å²) in [6, 6.07) is 0. The molecule has 4 nitrogen and oxygen atoms in total. The van der Waals surface area contributed by atoms with E-state index in [0.717, 1.165) is 32.9 Å². The summed E-state index contributed by atoms with van der Waals surface area (Å²) >= 11 is 0. The Bertz CT molecular complexity index is 92.1. The fourth-order valence-electron chi connectivity index (χ4n) is 0.642. The van der Waals surface area contributed by atoms with Crippen LogP contribution in [0.15, 0.2) is 0 Å². The Morgan fingerprint density at radius 1 is 1.08 bits per heavy atom. The van der Waals surface area contributed by atoms with E-state index in [9.17, 15) is 0 Å². The van der Waals surface area contributed by atoms with Crippen molar-refractivity contribution < 1.29 is 27.0 Å². The Labute approximate surface area is 90.5 Å². The Balaban J connectivity index is -0.000000173. The van der Waals surface area contributed by atoms with E-state index in [1.165, 1.54) is 12.8 Å². The smallest absolute Gasteiger partial charge is 0.300 e. The van der Waals surface area contributed by atoms with Crippen molar-refractivity contribution in [2.45, 2.75) is 32.6 Å². The molecular weight excluding hydrogens is 220 g/mol. The maximum Gasteiger partial charge on any atom is 0.300 e. The molecule has 1 radical (unpaired) electrons. The van der Waals surface area contributed by atoms with Crippen LogP contribution >= 0.6 is 0 Å². The molecule has 85 valence electrons. The number of hydrogen-bond donors (Lipinski definition) is 3. The molecule has 0 aliphatic heterocycles. The van der Waals surface area contributed by atoms with Crippen molar-refractivity contribution in [3.63, 3.8) is 0 Å². The topological polar surface area (TPSA) is 89.3 Å². The van der Waals surface area contributed by atoms with Gasteiger partial charge in [0.05, 0.1) is 0 Å². The maximum absolute atomic E-state index is 9.00. The van der Waals surface area contributed by atoms with Gasteiger partial charge in [-0.2, -0.15) is 0 Å². The van der Waals surface area contributed by atoms with E-state index >= 15 is 0 Å². The molecule has 0 atom stereocenters. The standard InChI is InChI=1S/C6H16N2.C2H4O2.Cu/c7-5-3-1-2-4-6-8;1-2(3)4;/h1-8H2;1H3,(H,3,4);. The van der Waals surface area contributed by atoms with Crippen LogP contribution in [0.5, 0.6) is 0 Å². The van der Waals surface area contributed by atoms with Gasteiger partial charge in [-0.3, -0.25) is 4.79 Å². The molecule has 0 aliphatic carbocycles. The van der Waals surface area contributed by atoms with Crippen LogP contribution in [-0.4, -0.2) is 24.2 Å². The zero-order chi connectivity index (χ0) is 9.82. The fraction of sp³-hybridized carbons (Fsp3) is 0.875. The van der Waals surface area contributed by atoms with Crippen molar-refractivity contribution in [2.75, 3.05) is 13.1 Å². The zero-order valence-electron chi connectivity index (χ0n) is 8.05. The van der Waals surface area contributed by atoms with Gasteiger partial charge < -0.3 is 16.6 Å². The van der Waals surface area contributed by atoms with Gasteiger partial charge in [0.15, 0.2) is 0 Å². The fourth-order valence-corrected chi connectivity index (χ4v) is 0.642. The molecule has 0 heterocycles. The van der Waals surface area contributed by atoms with Crippen molar-refractivity contribution in [2.24, 2.45) is 11.5 Å². The van der Waals surface area contributed by atoms with Crippen LogP contribution in [0.1, 0.15) is 32.6 Å². The minimum atomic E-state index is -0.833. The number of nitrogens with two attached hydrogens (primary N) is 2. The van der Waals surface area contributed by atoms with Crippen LogP contribution in [0.2, 0.25) is 0 Å². The number of unbranched alkanes of at least 4 members (excludes halogenated alkanes) is 3. The maximum atomic E-state index is 9.00. The predicted molar refractivity (Wildman–Crippen MR) is 49.9 cm³/mol. The van der Waals surface area contributed by atoms with Crippen molar-refractivity contribution in [1.82, 2.24) is 0 Å². The molecule has 0 aromatic rings. The van der Waals surface area contributed by atoms with Gasteiger partial charge in [0.1, 0.15) is 0 Å². The van der Waals surface area contributed by atoms with Gasteiger partial charge in [-0.15, -0.1) is 0 Å². The van der Waals surface area contributed by atoms with Gasteiger partial charge in [-0.1, -0.05) is 12.8 Å². The van der Waals surface area contributed by atoms with Crippen molar-refractivity contribution in [3.05, 3.63) is 0 Å². The van der Waals surface area contributed by atoms with Crippen LogP contribution in [0, 0.1) is 0 Å². The Kier molecular flexibility index (Phi) is 25.6. The monoisotopic (exact) mass is 239 g/mol. The molecule has 0 aliphatic rings. The molecule has 13 heavy (non-hydrogen) atoms. The van der Waals surface area contributed by atoms with E-state index in [4.69, 9.17) is 21.4 Å². The van der Waals surface area contributed by atoms with E-state index < -0.39 is 5.97 Å². The molecule has 0 bridgehead atoms. The molecule has 0 aromatic carbocycles. The van der Waals surface area contributed by atoms with Gasteiger partial charge in [0.25, 0.3) is 5.97 Å². The largest absolute Gasteiger partial charge is 0.481 e. The third-order valence-electron chi connectivity index (χ3n) is 1.16. The first-order valence-corrected chi connectivity index (χ1v) is 4.24. The van der Waals surface area contributed by atoms with E-state index in [-0.39, 0.29) is 17.1 Å². The van der Waals surface area contributed by atoms with Gasteiger partial charge >= 0.3 is 0 Å². The third kappa shape index (κ3) is 48.5. The minimum Gasteiger partial charge on any atom is -0.481 e. The normalized spacial score (nSPS) is 7.92. The van der Waals surface area contributed by atoms with Crippen LogP contribution in [-0.2, 0) is 21.9 Å². The number of carboxylic acid groups (broad SMARTS) is 1. The van der Waals surface area contributed by atoms with Gasteiger partial charge in [0, 0.05) is 24.0 Å². The van der Waals surface area contributed by atoms with Crippen molar-refractivity contribution in [3.8, 4) is 0 Å². The van der Waals surface area contributed by atoms with E-state index in [1.54, 1.807) is 0 Å².